The van der Waals surface area contributed by atoms with E-state index in [1.165, 1.54) is 19.3 Å². The minimum absolute atomic E-state index is 0.666. The predicted octanol–water partition coefficient (Wildman–Crippen LogP) is 4.73. The van der Waals surface area contributed by atoms with Gasteiger partial charge in [-0.15, -0.1) is 11.3 Å². The van der Waals surface area contributed by atoms with Crippen molar-refractivity contribution in [1.82, 2.24) is 9.97 Å². The Hall–Kier alpha value is -2.71. The molecule has 2 aromatic heterocycles. The Morgan fingerprint density at radius 2 is 1.80 bits per heavy atom. The van der Waals surface area contributed by atoms with Gasteiger partial charge in [0.2, 0.25) is 0 Å². The molecule has 1 saturated heterocycles. The van der Waals surface area contributed by atoms with E-state index >= 15 is 0 Å². The second-order valence-corrected chi connectivity index (χ2v) is 7.04. The molecular formula is C20H18N4S. The van der Waals surface area contributed by atoms with Crippen LogP contribution in [0.2, 0.25) is 0 Å². The van der Waals surface area contributed by atoms with Crippen molar-refractivity contribution in [2.75, 3.05) is 18.0 Å². The first-order valence-electron chi connectivity index (χ1n) is 8.51. The second-order valence-electron chi connectivity index (χ2n) is 6.18. The van der Waals surface area contributed by atoms with Gasteiger partial charge >= 0.3 is 0 Å². The third-order valence-electron chi connectivity index (χ3n) is 4.49. The lowest BCUT2D eigenvalue weighted by molar-refractivity contribution is 0.573. The van der Waals surface area contributed by atoms with Crippen molar-refractivity contribution in [2.45, 2.75) is 19.3 Å². The van der Waals surface area contributed by atoms with E-state index in [1.54, 1.807) is 11.3 Å². The molecule has 0 saturated carbocycles. The summed E-state index contributed by atoms with van der Waals surface area (Å²) in [5.74, 6) is 1.05. The van der Waals surface area contributed by atoms with Gasteiger partial charge in [-0.1, -0.05) is 12.1 Å². The summed E-state index contributed by atoms with van der Waals surface area (Å²) in [5, 5.41) is 12.0. The van der Waals surface area contributed by atoms with Gasteiger partial charge < -0.3 is 4.90 Å². The molecule has 0 amide bonds. The summed E-state index contributed by atoms with van der Waals surface area (Å²) in [4.78, 5) is 11.7. The van der Waals surface area contributed by atoms with Crippen LogP contribution in [0.15, 0.2) is 48.0 Å². The molecule has 0 N–H and O–H groups in total. The molecule has 3 aromatic rings. The van der Waals surface area contributed by atoms with E-state index in [1.807, 2.05) is 36.5 Å². The number of hydrogen-bond donors (Lipinski definition) is 0. The number of aromatic nitrogens is 2. The zero-order valence-electron chi connectivity index (χ0n) is 13.9. The van der Waals surface area contributed by atoms with E-state index in [2.05, 4.69) is 27.4 Å². The number of hydrogen-bond acceptors (Lipinski definition) is 5. The fraction of sp³-hybridized carbons (Fsp3) is 0.250. The van der Waals surface area contributed by atoms with Gasteiger partial charge in [-0.3, -0.25) is 0 Å². The topological polar surface area (TPSA) is 52.8 Å². The number of pyridine rings is 1. The summed E-state index contributed by atoms with van der Waals surface area (Å²) >= 11 is 1.64. The Bertz CT molecular complexity index is 902. The molecular weight excluding hydrogens is 328 g/mol. The summed E-state index contributed by atoms with van der Waals surface area (Å²) < 4.78 is 0. The van der Waals surface area contributed by atoms with E-state index in [9.17, 15) is 0 Å². The van der Waals surface area contributed by atoms with Gasteiger partial charge in [0.25, 0.3) is 0 Å². The molecule has 0 aliphatic carbocycles. The maximum absolute atomic E-state index is 8.91. The molecule has 0 atom stereocenters. The Balaban J connectivity index is 1.60. The normalized spacial score (nSPS) is 14.3. The molecule has 0 radical (unpaired) electrons. The molecule has 3 heterocycles. The van der Waals surface area contributed by atoms with Crippen molar-refractivity contribution in [1.29, 1.82) is 5.26 Å². The molecule has 1 aliphatic rings. The molecule has 0 unspecified atom stereocenters. The Labute approximate surface area is 151 Å². The number of anilines is 1. The van der Waals surface area contributed by atoms with E-state index in [-0.39, 0.29) is 0 Å². The van der Waals surface area contributed by atoms with Gasteiger partial charge in [0.15, 0.2) is 0 Å². The number of nitriles is 1. The molecule has 1 aromatic carbocycles. The smallest absolute Gasteiger partial charge is 0.129 e. The quantitative estimate of drug-likeness (QED) is 0.688. The van der Waals surface area contributed by atoms with Gasteiger partial charge in [0.1, 0.15) is 10.8 Å². The number of piperidine rings is 1. The number of rotatable bonds is 3. The minimum atomic E-state index is 0.666. The lowest BCUT2D eigenvalue weighted by Crippen LogP contribution is -2.30. The van der Waals surface area contributed by atoms with E-state index in [0.717, 1.165) is 40.7 Å². The first kappa shape index (κ1) is 15.8. The van der Waals surface area contributed by atoms with Crippen molar-refractivity contribution < 1.29 is 0 Å². The summed E-state index contributed by atoms with van der Waals surface area (Å²) in [7, 11) is 0. The summed E-state index contributed by atoms with van der Waals surface area (Å²) in [6.45, 7) is 2.18. The number of nitrogens with zero attached hydrogens (tertiary/aromatic N) is 4. The first-order valence-corrected chi connectivity index (χ1v) is 9.39. The highest BCUT2D eigenvalue weighted by Crippen LogP contribution is 2.30. The standard InChI is InChI=1S/C20H18N4S/c21-13-15-4-6-16(7-5-15)18-14-25-20(23-18)17-8-9-22-19(12-17)24-10-2-1-3-11-24/h4-9,12,14H,1-3,10-11H2. The Morgan fingerprint density at radius 1 is 1.00 bits per heavy atom. The maximum atomic E-state index is 8.91. The largest absolute Gasteiger partial charge is 0.357 e. The molecule has 5 heteroatoms. The van der Waals surface area contributed by atoms with Crippen LogP contribution >= 0.6 is 11.3 Å². The maximum Gasteiger partial charge on any atom is 0.129 e. The lowest BCUT2D eigenvalue weighted by Gasteiger charge is -2.27. The van der Waals surface area contributed by atoms with Crippen molar-refractivity contribution in [3.05, 3.63) is 53.5 Å². The van der Waals surface area contributed by atoms with Crippen LogP contribution in [0.1, 0.15) is 24.8 Å². The van der Waals surface area contributed by atoms with Gasteiger partial charge in [0, 0.05) is 35.8 Å². The van der Waals surface area contributed by atoms with Crippen molar-refractivity contribution in [2.24, 2.45) is 0 Å². The molecule has 4 rings (SSSR count). The van der Waals surface area contributed by atoms with Crippen LogP contribution in [0.3, 0.4) is 0 Å². The fourth-order valence-corrected chi connectivity index (χ4v) is 3.93. The monoisotopic (exact) mass is 346 g/mol. The third-order valence-corrected chi connectivity index (χ3v) is 5.38. The van der Waals surface area contributed by atoms with Crippen LogP contribution < -0.4 is 4.90 Å². The summed E-state index contributed by atoms with van der Waals surface area (Å²) in [6.07, 6.45) is 5.68. The van der Waals surface area contributed by atoms with Gasteiger partial charge in [-0.2, -0.15) is 5.26 Å². The summed E-state index contributed by atoms with van der Waals surface area (Å²) in [6, 6.07) is 13.9. The lowest BCUT2D eigenvalue weighted by atomic mass is 10.1. The average Bonchev–Trinajstić information content (AvgIpc) is 3.19. The Morgan fingerprint density at radius 3 is 2.56 bits per heavy atom. The van der Waals surface area contributed by atoms with Crippen LogP contribution in [0.4, 0.5) is 5.82 Å². The molecule has 1 fully saturated rings. The molecule has 0 spiro atoms. The zero-order chi connectivity index (χ0) is 17.1. The average molecular weight is 346 g/mol. The summed E-state index contributed by atoms with van der Waals surface area (Å²) in [5.41, 5.74) is 3.76. The van der Waals surface area contributed by atoms with E-state index in [0.29, 0.717) is 5.56 Å². The van der Waals surface area contributed by atoms with E-state index in [4.69, 9.17) is 10.2 Å². The second kappa shape index (κ2) is 7.04. The van der Waals surface area contributed by atoms with Crippen LogP contribution in [0.5, 0.6) is 0 Å². The zero-order valence-corrected chi connectivity index (χ0v) is 14.7. The van der Waals surface area contributed by atoms with E-state index < -0.39 is 0 Å². The SMILES string of the molecule is N#Cc1ccc(-c2csc(-c3ccnc(N4CCCCC4)c3)n2)cc1. The Kier molecular flexibility index (Phi) is 4.45. The van der Waals surface area contributed by atoms with Gasteiger partial charge in [-0.05, 0) is 43.5 Å². The van der Waals surface area contributed by atoms with Gasteiger partial charge in [0.05, 0.1) is 17.3 Å². The third kappa shape index (κ3) is 3.40. The molecule has 1 aliphatic heterocycles. The van der Waals surface area contributed by atoms with Crippen molar-refractivity contribution >= 4 is 17.2 Å². The van der Waals surface area contributed by atoms with Crippen LogP contribution in [-0.2, 0) is 0 Å². The van der Waals surface area contributed by atoms with Crippen LogP contribution in [-0.4, -0.2) is 23.1 Å². The van der Waals surface area contributed by atoms with Crippen LogP contribution in [0.25, 0.3) is 21.8 Å². The van der Waals surface area contributed by atoms with Gasteiger partial charge in [-0.25, -0.2) is 9.97 Å². The molecule has 25 heavy (non-hydrogen) atoms. The first-order chi connectivity index (χ1) is 12.3. The highest BCUT2D eigenvalue weighted by atomic mass is 32.1. The van der Waals surface area contributed by atoms with Crippen molar-refractivity contribution in [3.63, 3.8) is 0 Å². The van der Waals surface area contributed by atoms with Crippen molar-refractivity contribution in [3.8, 4) is 27.9 Å². The molecule has 0 bridgehead atoms. The number of benzene rings is 1. The highest BCUT2D eigenvalue weighted by molar-refractivity contribution is 7.13. The predicted molar refractivity (Wildman–Crippen MR) is 102 cm³/mol. The highest BCUT2D eigenvalue weighted by Gasteiger charge is 2.14. The fourth-order valence-electron chi connectivity index (χ4n) is 3.10. The van der Waals surface area contributed by atoms with Crippen LogP contribution in [0, 0.1) is 11.3 Å². The number of thiazole rings is 1. The minimum Gasteiger partial charge on any atom is -0.357 e. The molecule has 4 nitrogen and oxygen atoms in total. The molecule has 124 valence electrons.